The maximum atomic E-state index is 14.0. The number of hydrogen-bond acceptors (Lipinski definition) is 3. The number of aromatic nitrogens is 3. The summed E-state index contributed by atoms with van der Waals surface area (Å²) in [5.74, 6) is 0.345. The Labute approximate surface area is 124 Å². The van der Waals surface area contributed by atoms with Gasteiger partial charge < -0.3 is 9.30 Å². The average Bonchev–Trinajstić information content (AvgIpc) is 2.89. The van der Waals surface area contributed by atoms with E-state index in [1.165, 1.54) is 6.07 Å². The number of nitrogens with zero attached hydrogens (tertiary/aromatic N) is 4. The third-order valence-electron chi connectivity index (χ3n) is 3.04. The summed E-state index contributed by atoms with van der Waals surface area (Å²) in [5, 5.41) is 0. The number of fused-ring (bicyclic) bond motifs is 1. The van der Waals surface area contributed by atoms with E-state index >= 15 is 0 Å². The zero-order valence-corrected chi connectivity index (χ0v) is 12.4. The Morgan fingerprint density at radius 1 is 1.35 bits per heavy atom. The molecule has 0 bridgehead atoms. The van der Waals surface area contributed by atoms with Crippen molar-refractivity contribution in [2.45, 2.75) is 6.92 Å². The minimum Gasteiger partial charge on any atom is -0.321 e. The first-order chi connectivity index (χ1) is 9.70. The molecule has 2 heterocycles. The van der Waals surface area contributed by atoms with Gasteiger partial charge in [-0.2, -0.15) is 0 Å². The minimum atomic E-state index is -0.277. The van der Waals surface area contributed by atoms with Gasteiger partial charge in [-0.1, -0.05) is 12.1 Å². The van der Waals surface area contributed by atoms with Crippen LogP contribution in [0.5, 0.6) is 0 Å². The van der Waals surface area contributed by atoms with Crippen molar-refractivity contribution >= 4 is 33.1 Å². The smallest absolute Gasteiger partial charge is 0.180 e. The molecule has 0 spiro atoms. The molecule has 102 valence electrons. The van der Waals surface area contributed by atoms with Gasteiger partial charge in [-0.15, -0.1) is 0 Å². The second-order valence-corrected chi connectivity index (χ2v) is 5.05. The van der Waals surface area contributed by atoms with Gasteiger partial charge in [0, 0.05) is 25.1 Å². The normalized spacial score (nSPS) is 10.9. The average molecular weight is 335 g/mol. The lowest BCUT2D eigenvalue weighted by molar-refractivity contribution is 0.625. The highest BCUT2D eigenvalue weighted by molar-refractivity contribution is 9.10. The number of anilines is 2. The predicted octanol–water partition coefficient (Wildman–Crippen LogP) is 3.79. The molecule has 0 aliphatic heterocycles. The lowest BCUT2D eigenvalue weighted by Crippen LogP contribution is -2.20. The van der Waals surface area contributed by atoms with Crippen molar-refractivity contribution in [2.75, 3.05) is 11.4 Å². The van der Waals surface area contributed by atoms with Crippen LogP contribution in [0.25, 0.3) is 5.65 Å². The fourth-order valence-corrected chi connectivity index (χ4v) is 2.56. The topological polar surface area (TPSA) is 33.4 Å². The third kappa shape index (κ3) is 2.16. The second-order valence-electron chi connectivity index (χ2n) is 4.24. The van der Waals surface area contributed by atoms with Crippen LogP contribution in [-0.2, 0) is 0 Å². The molecule has 3 aromatic rings. The standard InChI is InChI=1S/C14H12BrFN4/c1-2-20(11-6-4-3-5-10(11)16)14-13-17-7-8-19(13)9-12(15)18-14/h3-9H,2H2,1H3. The summed E-state index contributed by atoms with van der Waals surface area (Å²) in [4.78, 5) is 10.6. The third-order valence-corrected chi connectivity index (χ3v) is 3.42. The van der Waals surface area contributed by atoms with Crippen molar-refractivity contribution < 1.29 is 4.39 Å². The lowest BCUT2D eigenvalue weighted by atomic mass is 10.2. The molecule has 0 unspecified atom stereocenters. The van der Waals surface area contributed by atoms with E-state index < -0.39 is 0 Å². The first-order valence-corrected chi connectivity index (χ1v) is 7.01. The van der Waals surface area contributed by atoms with E-state index in [-0.39, 0.29) is 5.82 Å². The maximum absolute atomic E-state index is 14.0. The van der Waals surface area contributed by atoms with Gasteiger partial charge in [0.25, 0.3) is 0 Å². The molecule has 3 rings (SSSR count). The van der Waals surface area contributed by atoms with Crippen LogP contribution in [-0.4, -0.2) is 20.9 Å². The Bertz CT molecular complexity index is 756. The van der Waals surface area contributed by atoms with Crippen LogP contribution < -0.4 is 4.90 Å². The van der Waals surface area contributed by atoms with Crippen LogP contribution in [0.4, 0.5) is 15.9 Å². The highest BCUT2D eigenvalue weighted by Crippen LogP contribution is 2.29. The van der Waals surface area contributed by atoms with Gasteiger partial charge in [-0.05, 0) is 35.0 Å². The zero-order valence-electron chi connectivity index (χ0n) is 10.8. The molecule has 0 atom stereocenters. The number of rotatable bonds is 3. The van der Waals surface area contributed by atoms with Crippen molar-refractivity contribution in [2.24, 2.45) is 0 Å². The SMILES string of the molecule is CCN(c1ccccc1F)c1nc(Br)cn2ccnc12. The van der Waals surface area contributed by atoms with Gasteiger partial charge in [0.2, 0.25) is 0 Å². The molecule has 0 N–H and O–H groups in total. The van der Waals surface area contributed by atoms with E-state index in [9.17, 15) is 4.39 Å². The van der Waals surface area contributed by atoms with Gasteiger partial charge in [0.1, 0.15) is 10.4 Å². The summed E-state index contributed by atoms with van der Waals surface area (Å²) in [6, 6.07) is 6.66. The van der Waals surface area contributed by atoms with Gasteiger partial charge in [-0.3, -0.25) is 0 Å². The molecule has 6 heteroatoms. The molecule has 0 radical (unpaired) electrons. The quantitative estimate of drug-likeness (QED) is 0.730. The van der Waals surface area contributed by atoms with E-state index in [0.717, 1.165) is 0 Å². The molecule has 0 aliphatic carbocycles. The Morgan fingerprint density at radius 2 is 2.15 bits per heavy atom. The van der Waals surface area contributed by atoms with Gasteiger partial charge in [0.15, 0.2) is 11.5 Å². The number of halogens is 2. The summed E-state index contributed by atoms with van der Waals surface area (Å²) in [5.41, 5.74) is 1.18. The molecule has 20 heavy (non-hydrogen) atoms. The van der Waals surface area contributed by atoms with Gasteiger partial charge in [0.05, 0.1) is 5.69 Å². The molecule has 0 fully saturated rings. The van der Waals surface area contributed by atoms with Gasteiger partial charge in [-0.25, -0.2) is 14.4 Å². The molecule has 0 saturated carbocycles. The van der Waals surface area contributed by atoms with Crippen LogP contribution in [0.3, 0.4) is 0 Å². The van der Waals surface area contributed by atoms with Crippen molar-refractivity contribution in [3.63, 3.8) is 0 Å². The highest BCUT2D eigenvalue weighted by Gasteiger charge is 2.17. The molecular weight excluding hydrogens is 323 g/mol. The largest absolute Gasteiger partial charge is 0.321 e. The van der Waals surface area contributed by atoms with Crippen molar-refractivity contribution in [1.29, 1.82) is 0 Å². The summed E-state index contributed by atoms with van der Waals surface area (Å²) in [7, 11) is 0. The Balaban J connectivity index is 2.22. The fourth-order valence-electron chi connectivity index (χ4n) is 2.17. The molecular formula is C14H12BrFN4. The second kappa shape index (κ2) is 5.20. The summed E-state index contributed by atoms with van der Waals surface area (Å²) < 4.78 is 16.6. The zero-order chi connectivity index (χ0) is 14.1. The van der Waals surface area contributed by atoms with Gasteiger partial charge >= 0.3 is 0 Å². The van der Waals surface area contributed by atoms with Crippen LogP contribution in [0.2, 0.25) is 0 Å². The van der Waals surface area contributed by atoms with Crippen molar-refractivity contribution in [3.05, 3.63) is 53.3 Å². The number of imidazole rings is 1. The Hall–Kier alpha value is -1.95. The molecule has 0 aliphatic rings. The molecule has 0 saturated heterocycles. The van der Waals surface area contributed by atoms with E-state index in [4.69, 9.17) is 0 Å². The van der Waals surface area contributed by atoms with Crippen LogP contribution in [0, 0.1) is 5.82 Å². The van der Waals surface area contributed by atoms with Crippen LogP contribution in [0.15, 0.2) is 47.5 Å². The van der Waals surface area contributed by atoms with Crippen LogP contribution in [0.1, 0.15) is 6.92 Å². The monoisotopic (exact) mass is 334 g/mol. The van der Waals surface area contributed by atoms with E-state index in [1.54, 1.807) is 18.3 Å². The summed E-state index contributed by atoms with van der Waals surface area (Å²) >= 11 is 3.38. The predicted molar refractivity (Wildman–Crippen MR) is 79.8 cm³/mol. The Kier molecular flexibility index (Phi) is 3.40. The first kappa shape index (κ1) is 13.1. The maximum Gasteiger partial charge on any atom is 0.180 e. The highest BCUT2D eigenvalue weighted by atomic mass is 79.9. The molecule has 4 nitrogen and oxygen atoms in total. The summed E-state index contributed by atoms with van der Waals surface area (Å²) in [6.07, 6.45) is 5.35. The summed E-state index contributed by atoms with van der Waals surface area (Å²) in [6.45, 7) is 2.54. The lowest BCUT2D eigenvalue weighted by Gasteiger charge is -2.23. The van der Waals surface area contributed by atoms with E-state index in [2.05, 4.69) is 25.9 Å². The van der Waals surface area contributed by atoms with Crippen molar-refractivity contribution in [1.82, 2.24) is 14.4 Å². The fraction of sp³-hybridized carbons (Fsp3) is 0.143. The molecule has 0 amide bonds. The van der Waals surface area contributed by atoms with E-state index in [0.29, 0.717) is 28.3 Å². The number of benzene rings is 1. The van der Waals surface area contributed by atoms with Crippen molar-refractivity contribution in [3.8, 4) is 0 Å². The molecule has 1 aromatic carbocycles. The molecule has 2 aromatic heterocycles. The van der Waals surface area contributed by atoms with Crippen LogP contribution >= 0.6 is 15.9 Å². The number of para-hydroxylation sites is 1. The Morgan fingerprint density at radius 3 is 2.90 bits per heavy atom. The first-order valence-electron chi connectivity index (χ1n) is 6.22. The minimum absolute atomic E-state index is 0.277. The van der Waals surface area contributed by atoms with E-state index in [1.807, 2.05) is 34.7 Å². The number of hydrogen-bond donors (Lipinski definition) is 0.